The van der Waals surface area contributed by atoms with Crippen molar-refractivity contribution in [2.45, 2.75) is 6.04 Å². The number of hydrogen-bond acceptors (Lipinski definition) is 4. The van der Waals surface area contributed by atoms with Gasteiger partial charge in [-0.2, -0.15) is 0 Å². The zero-order chi connectivity index (χ0) is 13.7. The number of aliphatic hydroxyl groups excluding tert-OH is 1. The minimum absolute atomic E-state index is 0.00573. The van der Waals surface area contributed by atoms with Crippen molar-refractivity contribution in [2.75, 3.05) is 38.2 Å². The van der Waals surface area contributed by atoms with E-state index in [2.05, 4.69) is 5.32 Å². The fourth-order valence-electron chi connectivity index (χ4n) is 1.98. The van der Waals surface area contributed by atoms with E-state index in [0.717, 1.165) is 0 Å². The Bertz CT molecular complexity index is 424. The third kappa shape index (κ3) is 4.18. The van der Waals surface area contributed by atoms with Crippen LogP contribution < -0.4 is 5.32 Å². The first kappa shape index (κ1) is 14.3. The van der Waals surface area contributed by atoms with Gasteiger partial charge in [0.15, 0.2) is 0 Å². The third-order valence-electron chi connectivity index (χ3n) is 3.03. The van der Waals surface area contributed by atoms with E-state index in [0.29, 0.717) is 30.5 Å². The molecule has 0 aromatic heterocycles. The van der Waals surface area contributed by atoms with Gasteiger partial charge in [0.1, 0.15) is 0 Å². The van der Waals surface area contributed by atoms with E-state index >= 15 is 0 Å². The molecule has 0 bridgehead atoms. The van der Waals surface area contributed by atoms with Crippen LogP contribution in [0.15, 0.2) is 24.3 Å². The summed E-state index contributed by atoms with van der Waals surface area (Å²) in [4.78, 5) is 13.8. The fourth-order valence-corrected chi connectivity index (χ4v) is 2.11. The van der Waals surface area contributed by atoms with Gasteiger partial charge in [0, 0.05) is 17.3 Å². The Kier molecular flexibility index (Phi) is 5.15. The van der Waals surface area contributed by atoms with Crippen molar-refractivity contribution in [1.82, 2.24) is 4.90 Å². The molecule has 1 saturated heterocycles. The second-order valence-electron chi connectivity index (χ2n) is 4.44. The molecule has 0 radical (unpaired) electrons. The summed E-state index contributed by atoms with van der Waals surface area (Å²) in [6.45, 7) is 1.94. The maximum Gasteiger partial charge on any atom is 0.238 e. The highest BCUT2D eigenvalue weighted by atomic mass is 35.5. The molecule has 6 heteroatoms. The summed E-state index contributed by atoms with van der Waals surface area (Å²) < 4.78 is 5.27. The van der Waals surface area contributed by atoms with Crippen LogP contribution in [0.4, 0.5) is 5.69 Å². The summed E-state index contributed by atoms with van der Waals surface area (Å²) in [5, 5.41) is 12.7. The van der Waals surface area contributed by atoms with E-state index in [1.165, 1.54) is 0 Å². The van der Waals surface area contributed by atoms with Gasteiger partial charge in [-0.3, -0.25) is 9.69 Å². The van der Waals surface area contributed by atoms with E-state index < -0.39 is 0 Å². The van der Waals surface area contributed by atoms with Crippen LogP contribution in [0.1, 0.15) is 0 Å². The van der Waals surface area contributed by atoms with Gasteiger partial charge in [0.2, 0.25) is 5.91 Å². The van der Waals surface area contributed by atoms with Crippen LogP contribution >= 0.6 is 11.6 Å². The number of aliphatic hydroxyl groups is 1. The predicted octanol–water partition coefficient (Wildman–Crippen LogP) is 0.972. The van der Waals surface area contributed by atoms with Crippen molar-refractivity contribution in [3.63, 3.8) is 0 Å². The minimum Gasteiger partial charge on any atom is -0.395 e. The van der Waals surface area contributed by atoms with Crippen LogP contribution in [0.3, 0.4) is 0 Å². The predicted molar refractivity (Wildman–Crippen MR) is 73.3 cm³/mol. The average Bonchev–Trinajstić information content (AvgIpc) is 2.42. The standard InChI is InChI=1S/C13H17ClN2O3/c14-10-1-3-11(4-2-10)15-13(18)7-16-5-6-19-9-12(16)8-17/h1-4,12,17H,5-9H2,(H,15,18). The molecule has 1 aliphatic rings. The molecule has 1 atom stereocenters. The second-order valence-corrected chi connectivity index (χ2v) is 4.87. The highest BCUT2D eigenvalue weighted by molar-refractivity contribution is 6.30. The number of rotatable bonds is 4. The Morgan fingerprint density at radius 2 is 2.21 bits per heavy atom. The number of benzene rings is 1. The third-order valence-corrected chi connectivity index (χ3v) is 3.29. The number of hydrogen-bond donors (Lipinski definition) is 2. The molecule has 104 valence electrons. The summed E-state index contributed by atoms with van der Waals surface area (Å²) in [5.41, 5.74) is 0.711. The number of nitrogens with zero attached hydrogens (tertiary/aromatic N) is 1. The smallest absolute Gasteiger partial charge is 0.238 e. The molecule has 0 spiro atoms. The number of amides is 1. The zero-order valence-corrected chi connectivity index (χ0v) is 11.3. The van der Waals surface area contributed by atoms with E-state index in [9.17, 15) is 9.90 Å². The molecule has 1 amide bonds. The average molecular weight is 285 g/mol. The van der Waals surface area contributed by atoms with Gasteiger partial charge in [0.25, 0.3) is 0 Å². The zero-order valence-electron chi connectivity index (χ0n) is 10.5. The van der Waals surface area contributed by atoms with Crippen molar-refractivity contribution < 1.29 is 14.6 Å². The molecule has 0 aliphatic carbocycles. The van der Waals surface area contributed by atoms with Crippen LogP contribution in [0.25, 0.3) is 0 Å². The van der Waals surface area contributed by atoms with Crippen LogP contribution in [-0.4, -0.2) is 54.9 Å². The van der Waals surface area contributed by atoms with Crippen LogP contribution in [0.2, 0.25) is 5.02 Å². The van der Waals surface area contributed by atoms with Crippen molar-refractivity contribution >= 4 is 23.2 Å². The number of anilines is 1. The maximum absolute atomic E-state index is 11.9. The quantitative estimate of drug-likeness (QED) is 0.865. The van der Waals surface area contributed by atoms with Gasteiger partial charge >= 0.3 is 0 Å². The summed E-state index contributed by atoms with van der Waals surface area (Å²) in [7, 11) is 0. The topological polar surface area (TPSA) is 61.8 Å². The van der Waals surface area contributed by atoms with E-state index in [-0.39, 0.29) is 25.1 Å². The van der Waals surface area contributed by atoms with Crippen molar-refractivity contribution in [2.24, 2.45) is 0 Å². The fraction of sp³-hybridized carbons (Fsp3) is 0.462. The van der Waals surface area contributed by atoms with Crippen molar-refractivity contribution in [3.05, 3.63) is 29.3 Å². The van der Waals surface area contributed by atoms with Crippen LogP contribution in [0, 0.1) is 0 Å². The summed E-state index contributed by atoms with van der Waals surface area (Å²) in [6, 6.07) is 6.85. The Balaban J connectivity index is 1.88. The lowest BCUT2D eigenvalue weighted by Crippen LogP contribution is -2.50. The summed E-state index contributed by atoms with van der Waals surface area (Å²) >= 11 is 5.78. The molecule has 2 N–H and O–H groups in total. The molecule has 1 aromatic rings. The minimum atomic E-state index is -0.109. The Labute approximate surface area is 117 Å². The monoisotopic (exact) mass is 284 g/mol. The van der Waals surface area contributed by atoms with Gasteiger partial charge in [-0.1, -0.05) is 11.6 Å². The summed E-state index contributed by atoms with van der Waals surface area (Å²) in [5.74, 6) is -0.109. The molecular formula is C13H17ClN2O3. The molecule has 0 saturated carbocycles. The number of halogens is 1. The number of morpholine rings is 1. The Hall–Kier alpha value is -1.14. The Morgan fingerprint density at radius 3 is 2.89 bits per heavy atom. The molecule has 1 aromatic carbocycles. The van der Waals surface area contributed by atoms with E-state index in [4.69, 9.17) is 16.3 Å². The van der Waals surface area contributed by atoms with Gasteiger partial charge in [-0.15, -0.1) is 0 Å². The number of carbonyl (C=O) groups excluding carboxylic acids is 1. The van der Waals surface area contributed by atoms with Gasteiger partial charge in [0.05, 0.1) is 32.4 Å². The lowest BCUT2D eigenvalue weighted by molar-refractivity contribution is -0.120. The van der Waals surface area contributed by atoms with Gasteiger partial charge in [-0.05, 0) is 24.3 Å². The van der Waals surface area contributed by atoms with Crippen molar-refractivity contribution in [3.8, 4) is 0 Å². The first-order valence-electron chi connectivity index (χ1n) is 6.17. The maximum atomic E-state index is 11.9. The van der Waals surface area contributed by atoms with E-state index in [1.807, 2.05) is 4.90 Å². The number of nitrogens with one attached hydrogen (secondary N) is 1. The lowest BCUT2D eigenvalue weighted by atomic mass is 10.2. The normalized spacial score (nSPS) is 20.2. The van der Waals surface area contributed by atoms with Gasteiger partial charge in [-0.25, -0.2) is 0 Å². The molecule has 19 heavy (non-hydrogen) atoms. The molecule has 2 rings (SSSR count). The second kappa shape index (κ2) is 6.86. The van der Waals surface area contributed by atoms with Crippen LogP contribution in [0.5, 0.6) is 0 Å². The highest BCUT2D eigenvalue weighted by Crippen LogP contribution is 2.13. The molecule has 1 fully saturated rings. The summed E-state index contributed by atoms with van der Waals surface area (Å²) in [6.07, 6.45) is 0. The number of ether oxygens (including phenoxy) is 1. The SMILES string of the molecule is O=C(CN1CCOCC1CO)Nc1ccc(Cl)cc1. The number of carbonyl (C=O) groups is 1. The molecule has 5 nitrogen and oxygen atoms in total. The highest BCUT2D eigenvalue weighted by Gasteiger charge is 2.24. The molecular weight excluding hydrogens is 268 g/mol. The molecule has 1 aliphatic heterocycles. The molecule has 1 heterocycles. The Morgan fingerprint density at radius 1 is 1.47 bits per heavy atom. The first-order valence-corrected chi connectivity index (χ1v) is 6.55. The van der Waals surface area contributed by atoms with Crippen molar-refractivity contribution in [1.29, 1.82) is 0 Å². The lowest BCUT2D eigenvalue weighted by Gasteiger charge is -2.33. The molecule has 1 unspecified atom stereocenters. The first-order chi connectivity index (χ1) is 9.19. The van der Waals surface area contributed by atoms with Crippen LogP contribution in [-0.2, 0) is 9.53 Å². The van der Waals surface area contributed by atoms with Gasteiger partial charge < -0.3 is 15.2 Å². The van der Waals surface area contributed by atoms with E-state index in [1.54, 1.807) is 24.3 Å². The largest absolute Gasteiger partial charge is 0.395 e.